The number of hydrogen-bond acceptors (Lipinski definition) is 3. The number of para-hydroxylation sites is 1. The molecular formula is C14H20N2O. The van der Waals surface area contributed by atoms with Crippen LogP contribution in [0.15, 0.2) is 24.3 Å². The van der Waals surface area contributed by atoms with Gasteiger partial charge in [0.2, 0.25) is 0 Å². The second-order valence-electron chi connectivity index (χ2n) is 5.10. The number of anilines is 1. The van der Waals surface area contributed by atoms with Crippen LogP contribution in [-0.2, 0) is 4.74 Å². The van der Waals surface area contributed by atoms with Crippen molar-refractivity contribution in [2.45, 2.75) is 30.9 Å². The van der Waals surface area contributed by atoms with E-state index in [1.807, 2.05) is 0 Å². The maximum atomic E-state index is 5.29. The van der Waals surface area contributed by atoms with Crippen LogP contribution in [0.4, 0.5) is 5.69 Å². The summed E-state index contributed by atoms with van der Waals surface area (Å²) in [6.07, 6.45) is 2.82. The first kappa shape index (κ1) is 11.1. The molecule has 0 spiro atoms. The van der Waals surface area contributed by atoms with E-state index in [9.17, 15) is 0 Å². The van der Waals surface area contributed by atoms with E-state index < -0.39 is 0 Å². The molecule has 0 aromatic heterocycles. The van der Waals surface area contributed by atoms with Gasteiger partial charge >= 0.3 is 0 Å². The van der Waals surface area contributed by atoms with Crippen LogP contribution in [0.1, 0.15) is 24.3 Å². The molecule has 92 valence electrons. The van der Waals surface area contributed by atoms with Crippen LogP contribution in [-0.4, -0.2) is 32.3 Å². The minimum atomic E-state index is 0.487. The molecule has 1 fully saturated rings. The number of methoxy groups -OCH3 is 1. The molecule has 3 rings (SSSR count). The molecule has 0 bridgehead atoms. The van der Waals surface area contributed by atoms with E-state index in [1.54, 1.807) is 7.11 Å². The maximum absolute atomic E-state index is 5.29. The minimum Gasteiger partial charge on any atom is -0.384 e. The van der Waals surface area contributed by atoms with E-state index in [-0.39, 0.29) is 0 Å². The van der Waals surface area contributed by atoms with Gasteiger partial charge in [0.15, 0.2) is 0 Å². The summed E-state index contributed by atoms with van der Waals surface area (Å²) in [6.45, 7) is 2.14. The van der Waals surface area contributed by atoms with Gasteiger partial charge in [-0.05, 0) is 24.5 Å². The van der Waals surface area contributed by atoms with Crippen molar-refractivity contribution < 1.29 is 4.74 Å². The molecule has 2 N–H and O–H groups in total. The zero-order valence-electron chi connectivity index (χ0n) is 10.3. The molecule has 2 aliphatic rings. The molecule has 1 aliphatic carbocycles. The monoisotopic (exact) mass is 232 g/mol. The lowest BCUT2D eigenvalue weighted by Crippen LogP contribution is -2.46. The standard InChI is InChI=1S/C14H20N2O/c1-17-12-6-11(7-12)15-8-10-9-16-14-5-3-2-4-13(10)14/h2-5,10-12,15-16H,6-9H2,1H3. The Kier molecular flexibility index (Phi) is 3.04. The zero-order chi connectivity index (χ0) is 11.7. The fourth-order valence-electron chi connectivity index (χ4n) is 2.77. The first-order valence-electron chi connectivity index (χ1n) is 6.46. The summed E-state index contributed by atoms with van der Waals surface area (Å²) in [5.41, 5.74) is 2.77. The van der Waals surface area contributed by atoms with Crippen LogP contribution in [0.25, 0.3) is 0 Å². The summed E-state index contributed by atoms with van der Waals surface area (Å²) in [5, 5.41) is 7.11. The van der Waals surface area contributed by atoms with Gasteiger partial charge in [-0.25, -0.2) is 0 Å². The van der Waals surface area contributed by atoms with Gasteiger partial charge in [-0.2, -0.15) is 0 Å². The smallest absolute Gasteiger partial charge is 0.0601 e. The van der Waals surface area contributed by atoms with Crippen LogP contribution in [0.5, 0.6) is 0 Å². The van der Waals surface area contributed by atoms with Crippen molar-refractivity contribution in [2.75, 3.05) is 25.5 Å². The third-order valence-electron chi connectivity index (χ3n) is 4.02. The third-order valence-corrected chi connectivity index (χ3v) is 4.02. The molecule has 0 radical (unpaired) electrons. The fraction of sp³-hybridized carbons (Fsp3) is 0.571. The van der Waals surface area contributed by atoms with Crippen LogP contribution in [0, 0.1) is 0 Å². The highest BCUT2D eigenvalue weighted by atomic mass is 16.5. The molecule has 1 aromatic carbocycles. The van der Waals surface area contributed by atoms with Gasteiger partial charge in [-0.15, -0.1) is 0 Å². The number of ether oxygens (including phenoxy) is 1. The maximum Gasteiger partial charge on any atom is 0.0601 e. The van der Waals surface area contributed by atoms with Crippen LogP contribution >= 0.6 is 0 Å². The summed E-state index contributed by atoms with van der Waals surface area (Å²) in [7, 11) is 1.80. The van der Waals surface area contributed by atoms with E-state index >= 15 is 0 Å². The first-order valence-corrected chi connectivity index (χ1v) is 6.46. The Morgan fingerprint density at radius 2 is 2.18 bits per heavy atom. The van der Waals surface area contributed by atoms with Crippen molar-refractivity contribution in [3.63, 3.8) is 0 Å². The van der Waals surface area contributed by atoms with E-state index in [4.69, 9.17) is 4.74 Å². The second kappa shape index (κ2) is 4.67. The summed E-state index contributed by atoms with van der Waals surface area (Å²) in [5.74, 6) is 0.618. The van der Waals surface area contributed by atoms with Gasteiger partial charge in [0, 0.05) is 37.8 Å². The van der Waals surface area contributed by atoms with Gasteiger partial charge in [-0.1, -0.05) is 18.2 Å². The third kappa shape index (κ3) is 2.17. The molecule has 1 aromatic rings. The average molecular weight is 232 g/mol. The largest absolute Gasteiger partial charge is 0.384 e. The Morgan fingerprint density at radius 3 is 3.00 bits per heavy atom. The van der Waals surface area contributed by atoms with Gasteiger partial charge in [0.1, 0.15) is 0 Å². The Labute approximate surface area is 103 Å². The number of fused-ring (bicyclic) bond motifs is 1. The highest BCUT2D eigenvalue weighted by molar-refractivity contribution is 5.57. The molecule has 0 saturated heterocycles. The molecule has 1 atom stereocenters. The first-order chi connectivity index (χ1) is 8.36. The molecule has 1 aliphatic heterocycles. The predicted octanol–water partition coefficient (Wildman–Crippen LogP) is 1.96. The molecular weight excluding hydrogens is 212 g/mol. The van der Waals surface area contributed by atoms with Crippen molar-refractivity contribution in [3.8, 4) is 0 Å². The van der Waals surface area contributed by atoms with E-state index in [0.29, 0.717) is 18.1 Å². The summed E-state index contributed by atoms with van der Waals surface area (Å²) < 4.78 is 5.29. The van der Waals surface area contributed by atoms with Crippen molar-refractivity contribution in [1.82, 2.24) is 5.32 Å². The molecule has 3 nitrogen and oxygen atoms in total. The SMILES string of the molecule is COC1CC(NCC2CNc3ccccc32)C1. The lowest BCUT2D eigenvalue weighted by Gasteiger charge is -2.35. The van der Waals surface area contributed by atoms with Gasteiger partial charge < -0.3 is 15.4 Å². The lowest BCUT2D eigenvalue weighted by molar-refractivity contribution is 0.0173. The Morgan fingerprint density at radius 1 is 1.35 bits per heavy atom. The molecule has 17 heavy (non-hydrogen) atoms. The van der Waals surface area contributed by atoms with Gasteiger partial charge in [0.05, 0.1) is 6.10 Å². The highest BCUT2D eigenvalue weighted by Crippen LogP contribution is 2.31. The second-order valence-corrected chi connectivity index (χ2v) is 5.10. The van der Waals surface area contributed by atoms with Crippen LogP contribution in [0.2, 0.25) is 0 Å². The highest BCUT2D eigenvalue weighted by Gasteiger charge is 2.30. The number of nitrogens with one attached hydrogen (secondary N) is 2. The summed E-state index contributed by atoms with van der Waals surface area (Å²) in [4.78, 5) is 0. The molecule has 1 saturated carbocycles. The van der Waals surface area contributed by atoms with Crippen molar-refractivity contribution in [2.24, 2.45) is 0 Å². The number of benzene rings is 1. The summed E-state index contributed by atoms with van der Waals surface area (Å²) >= 11 is 0. The lowest BCUT2D eigenvalue weighted by atomic mass is 9.88. The molecule has 3 heteroatoms. The zero-order valence-corrected chi connectivity index (χ0v) is 10.3. The topological polar surface area (TPSA) is 33.3 Å². The fourth-order valence-corrected chi connectivity index (χ4v) is 2.77. The quantitative estimate of drug-likeness (QED) is 0.832. The Balaban J connectivity index is 1.51. The van der Waals surface area contributed by atoms with Crippen LogP contribution in [0.3, 0.4) is 0 Å². The van der Waals surface area contributed by atoms with Gasteiger partial charge in [0.25, 0.3) is 0 Å². The van der Waals surface area contributed by atoms with Crippen molar-refractivity contribution in [1.29, 1.82) is 0 Å². The summed E-state index contributed by atoms with van der Waals surface area (Å²) in [6, 6.07) is 9.28. The molecule has 1 unspecified atom stereocenters. The van der Waals surface area contributed by atoms with Crippen molar-refractivity contribution in [3.05, 3.63) is 29.8 Å². The average Bonchev–Trinajstić information content (AvgIpc) is 2.71. The van der Waals surface area contributed by atoms with Gasteiger partial charge in [-0.3, -0.25) is 0 Å². The predicted molar refractivity (Wildman–Crippen MR) is 69.5 cm³/mol. The molecule has 1 heterocycles. The van der Waals surface area contributed by atoms with Crippen LogP contribution < -0.4 is 10.6 Å². The normalized spacial score (nSPS) is 30.5. The number of rotatable bonds is 4. The molecule has 0 amide bonds. The minimum absolute atomic E-state index is 0.487. The van der Waals surface area contributed by atoms with Crippen molar-refractivity contribution >= 4 is 5.69 Å². The Hall–Kier alpha value is -1.06. The Bertz CT molecular complexity index is 388. The van der Waals surface area contributed by atoms with E-state index in [0.717, 1.165) is 25.9 Å². The van der Waals surface area contributed by atoms with E-state index in [2.05, 4.69) is 34.9 Å². The number of hydrogen-bond donors (Lipinski definition) is 2. The van der Waals surface area contributed by atoms with E-state index in [1.165, 1.54) is 11.3 Å².